The third-order valence-electron chi connectivity index (χ3n) is 5.20. The van der Waals surface area contributed by atoms with E-state index in [0.717, 1.165) is 11.4 Å². The monoisotopic (exact) mass is 459 g/mol. The van der Waals surface area contributed by atoms with Gasteiger partial charge in [0, 0.05) is 16.9 Å². The normalized spacial score (nSPS) is 11.4. The fraction of sp³-hybridized carbons (Fsp3) is 0.240. The number of aromatic amines is 1. The Hall–Kier alpha value is -4.27. The van der Waals surface area contributed by atoms with Gasteiger partial charge in [-0.25, -0.2) is 9.78 Å². The molecule has 0 bridgehead atoms. The molecule has 0 aliphatic rings. The van der Waals surface area contributed by atoms with Crippen LogP contribution >= 0.6 is 0 Å². The number of H-pyrrole nitrogens is 1. The van der Waals surface area contributed by atoms with Gasteiger partial charge >= 0.3 is 5.97 Å². The lowest BCUT2D eigenvalue weighted by Crippen LogP contribution is -2.23. The van der Waals surface area contributed by atoms with E-state index < -0.39 is 18.5 Å². The van der Waals surface area contributed by atoms with Gasteiger partial charge in [0.2, 0.25) is 0 Å². The van der Waals surface area contributed by atoms with Crippen molar-refractivity contribution in [2.45, 2.75) is 32.6 Å². The minimum Gasteiger partial charge on any atom is -0.455 e. The Kier molecular flexibility index (Phi) is 6.27. The highest BCUT2D eigenvalue weighted by Gasteiger charge is 2.22. The average molecular weight is 460 g/mol. The van der Waals surface area contributed by atoms with Gasteiger partial charge in [-0.2, -0.15) is 10.2 Å². The molecular weight excluding hydrogens is 434 g/mol. The number of para-hydroxylation sites is 1. The summed E-state index contributed by atoms with van der Waals surface area (Å²) in [6.07, 6.45) is -0.180. The summed E-state index contributed by atoms with van der Waals surface area (Å²) in [7, 11) is 0. The number of anilines is 1. The third-order valence-corrected chi connectivity index (χ3v) is 5.20. The van der Waals surface area contributed by atoms with Gasteiger partial charge in [-0.15, -0.1) is 0 Å². The number of benzene rings is 2. The summed E-state index contributed by atoms with van der Waals surface area (Å²) in [5.41, 5.74) is 1.41. The topological polar surface area (TPSA) is 119 Å². The molecular formula is C25H25N5O4. The number of rotatable bonds is 6. The predicted octanol–water partition coefficient (Wildman–Crippen LogP) is 3.13. The van der Waals surface area contributed by atoms with E-state index in [0.29, 0.717) is 22.3 Å². The first-order valence-electron chi connectivity index (χ1n) is 10.8. The zero-order valence-electron chi connectivity index (χ0n) is 19.2. The first-order chi connectivity index (χ1) is 16.2. The standard InChI is InChI=1S/C25H25N5O4/c1-25(2,3)20-14-21(30(29-20)16-9-5-4-6-10-16)26-22(31)15-34-23(32)13-19-17-11-7-8-12-18(17)24(33)28-27-19/h4-12,14H,13,15H2,1-3H3,(H,26,31)(H,28,33). The molecule has 2 N–H and O–H groups in total. The highest BCUT2D eigenvalue weighted by atomic mass is 16.5. The molecule has 2 aromatic carbocycles. The second-order valence-corrected chi connectivity index (χ2v) is 8.84. The summed E-state index contributed by atoms with van der Waals surface area (Å²) in [5.74, 6) is -0.651. The van der Waals surface area contributed by atoms with E-state index in [2.05, 4.69) is 20.6 Å². The van der Waals surface area contributed by atoms with E-state index in [9.17, 15) is 14.4 Å². The van der Waals surface area contributed by atoms with Gasteiger partial charge in [-0.05, 0) is 18.2 Å². The van der Waals surface area contributed by atoms with Crippen molar-refractivity contribution in [3.8, 4) is 5.69 Å². The molecule has 0 fully saturated rings. The van der Waals surface area contributed by atoms with Crippen molar-refractivity contribution in [1.82, 2.24) is 20.0 Å². The van der Waals surface area contributed by atoms with Crippen LogP contribution in [0.2, 0.25) is 0 Å². The molecule has 0 saturated carbocycles. The molecule has 9 heteroatoms. The molecule has 34 heavy (non-hydrogen) atoms. The molecule has 0 spiro atoms. The Labute approximate surface area is 195 Å². The van der Waals surface area contributed by atoms with Gasteiger partial charge in [0.25, 0.3) is 11.5 Å². The van der Waals surface area contributed by atoms with Crippen LogP contribution in [-0.2, 0) is 26.2 Å². The van der Waals surface area contributed by atoms with Crippen molar-refractivity contribution in [1.29, 1.82) is 0 Å². The first kappa shape index (κ1) is 22.9. The summed E-state index contributed by atoms with van der Waals surface area (Å²) in [6, 6.07) is 18.1. The van der Waals surface area contributed by atoms with Gasteiger partial charge in [0.1, 0.15) is 5.82 Å². The molecule has 0 radical (unpaired) electrons. The number of ether oxygens (including phenoxy) is 1. The maximum atomic E-state index is 12.6. The summed E-state index contributed by atoms with van der Waals surface area (Å²) < 4.78 is 6.82. The number of carbonyl (C=O) groups is 2. The smallest absolute Gasteiger partial charge is 0.312 e. The molecule has 174 valence electrons. The quantitative estimate of drug-likeness (QED) is 0.428. The Morgan fingerprint density at radius 1 is 1.03 bits per heavy atom. The SMILES string of the molecule is CC(C)(C)c1cc(NC(=O)COC(=O)Cc2n[nH]c(=O)c3ccccc23)n(-c2ccccc2)n1. The molecule has 0 atom stereocenters. The van der Waals surface area contributed by atoms with E-state index in [1.165, 1.54) is 0 Å². The van der Waals surface area contributed by atoms with E-state index in [1.54, 1.807) is 28.9 Å². The van der Waals surface area contributed by atoms with Crippen LogP contribution in [-0.4, -0.2) is 38.5 Å². The number of nitrogens with zero attached hydrogens (tertiary/aromatic N) is 3. The highest BCUT2D eigenvalue weighted by Crippen LogP contribution is 2.26. The van der Waals surface area contributed by atoms with Crippen LogP contribution in [0.15, 0.2) is 65.5 Å². The molecule has 1 amide bonds. The Bertz CT molecular complexity index is 1400. The van der Waals surface area contributed by atoms with Crippen molar-refractivity contribution in [2.24, 2.45) is 0 Å². The van der Waals surface area contributed by atoms with E-state index in [1.807, 2.05) is 57.2 Å². The fourth-order valence-corrected chi connectivity index (χ4v) is 3.42. The highest BCUT2D eigenvalue weighted by molar-refractivity contribution is 5.93. The second-order valence-electron chi connectivity index (χ2n) is 8.84. The summed E-state index contributed by atoms with van der Waals surface area (Å²) in [4.78, 5) is 36.9. The number of nitrogens with one attached hydrogen (secondary N) is 2. The molecule has 0 aliphatic carbocycles. The molecule has 2 heterocycles. The Morgan fingerprint density at radius 2 is 1.71 bits per heavy atom. The van der Waals surface area contributed by atoms with Crippen LogP contribution in [0, 0.1) is 0 Å². The van der Waals surface area contributed by atoms with Crippen molar-refractivity contribution in [2.75, 3.05) is 11.9 Å². The van der Waals surface area contributed by atoms with Crippen LogP contribution in [0.3, 0.4) is 0 Å². The van der Waals surface area contributed by atoms with Crippen molar-refractivity contribution >= 4 is 28.5 Å². The number of fused-ring (bicyclic) bond motifs is 1. The fourth-order valence-electron chi connectivity index (χ4n) is 3.42. The number of hydrogen-bond acceptors (Lipinski definition) is 6. The van der Waals surface area contributed by atoms with Crippen LogP contribution in [0.5, 0.6) is 0 Å². The Morgan fingerprint density at radius 3 is 2.41 bits per heavy atom. The third kappa shape index (κ3) is 5.03. The zero-order valence-corrected chi connectivity index (χ0v) is 19.2. The molecule has 9 nitrogen and oxygen atoms in total. The van der Waals surface area contributed by atoms with E-state index >= 15 is 0 Å². The van der Waals surface area contributed by atoms with Gasteiger partial charge in [0.15, 0.2) is 6.61 Å². The van der Waals surface area contributed by atoms with E-state index in [4.69, 9.17) is 4.74 Å². The molecule has 4 rings (SSSR count). The number of aromatic nitrogens is 4. The van der Waals surface area contributed by atoms with Crippen LogP contribution < -0.4 is 10.9 Å². The predicted molar refractivity (Wildman–Crippen MR) is 128 cm³/mol. The van der Waals surface area contributed by atoms with Crippen molar-refractivity contribution in [3.63, 3.8) is 0 Å². The summed E-state index contributed by atoms with van der Waals surface area (Å²) >= 11 is 0. The zero-order chi connectivity index (χ0) is 24.3. The van der Waals surface area contributed by atoms with Gasteiger partial charge in [-0.1, -0.05) is 57.2 Å². The minimum absolute atomic E-state index is 0.180. The number of hydrogen-bond donors (Lipinski definition) is 2. The molecule has 4 aromatic rings. The average Bonchev–Trinajstić information content (AvgIpc) is 3.25. The van der Waals surface area contributed by atoms with Crippen LogP contribution in [0.4, 0.5) is 5.82 Å². The molecule has 0 aliphatic heterocycles. The number of esters is 1. The lowest BCUT2D eigenvalue weighted by molar-refractivity contribution is -0.146. The second kappa shape index (κ2) is 9.30. The maximum absolute atomic E-state index is 12.6. The number of amides is 1. The maximum Gasteiger partial charge on any atom is 0.312 e. The van der Waals surface area contributed by atoms with E-state index in [-0.39, 0.29) is 17.4 Å². The summed E-state index contributed by atoms with van der Waals surface area (Å²) in [5, 5.41) is 14.8. The minimum atomic E-state index is -0.633. The molecule has 2 aromatic heterocycles. The Balaban J connectivity index is 1.45. The summed E-state index contributed by atoms with van der Waals surface area (Å²) in [6.45, 7) is 5.64. The lowest BCUT2D eigenvalue weighted by Gasteiger charge is -2.14. The molecule has 0 unspecified atom stereocenters. The van der Waals surface area contributed by atoms with Gasteiger partial charge < -0.3 is 10.1 Å². The van der Waals surface area contributed by atoms with Crippen LogP contribution in [0.1, 0.15) is 32.2 Å². The lowest BCUT2D eigenvalue weighted by atomic mass is 9.92. The number of carbonyl (C=O) groups excluding carboxylic acids is 2. The first-order valence-corrected chi connectivity index (χ1v) is 10.8. The van der Waals surface area contributed by atoms with Gasteiger partial charge in [-0.3, -0.25) is 14.4 Å². The van der Waals surface area contributed by atoms with Crippen LogP contribution in [0.25, 0.3) is 16.5 Å². The van der Waals surface area contributed by atoms with Crippen molar-refractivity contribution < 1.29 is 14.3 Å². The molecule has 0 saturated heterocycles. The van der Waals surface area contributed by atoms with Gasteiger partial charge in [0.05, 0.1) is 28.9 Å². The van der Waals surface area contributed by atoms with Crippen molar-refractivity contribution in [3.05, 3.63) is 82.4 Å². The largest absolute Gasteiger partial charge is 0.455 e.